The molecule has 2 fully saturated rings. The van der Waals surface area contributed by atoms with Crippen molar-refractivity contribution in [1.29, 1.82) is 0 Å². The van der Waals surface area contributed by atoms with Crippen LogP contribution >= 0.6 is 0 Å². The van der Waals surface area contributed by atoms with Crippen molar-refractivity contribution in [3.8, 4) is 17.2 Å². The van der Waals surface area contributed by atoms with Crippen LogP contribution in [0, 0.1) is 0 Å². The number of carboxylic acids is 2. The fraction of sp³-hybridized carbons (Fsp3) is 0.636. The van der Waals surface area contributed by atoms with Crippen molar-refractivity contribution < 1.29 is 34.0 Å². The minimum Gasteiger partial charge on any atom is -0.493 e. The van der Waals surface area contributed by atoms with Crippen LogP contribution in [0.25, 0.3) is 0 Å². The molecule has 0 saturated carbocycles. The maximum atomic E-state index is 9.10. The molecule has 1 aromatic carbocycles. The number of piperidine rings is 2. The molecule has 0 bridgehead atoms. The lowest BCUT2D eigenvalue weighted by atomic mass is 9.99. The van der Waals surface area contributed by atoms with Crippen LogP contribution in [0.2, 0.25) is 0 Å². The van der Waals surface area contributed by atoms with Crippen LogP contribution in [0.4, 0.5) is 0 Å². The van der Waals surface area contributed by atoms with E-state index in [2.05, 4.69) is 21.9 Å². The van der Waals surface area contributed by atoms with Gasteiger partial charge in [-0.3, -0.25) is 4.90 Å². The number of carbonyl (C=O) groups is 2. The highest BCUT2D eigenvalue weighted by molar-refractivity contribution is 6.27. The van der Waals surface area contributed by atoms with Gasteiger partial charge in [0.05, 0.1) is 21.3 Å². The first kappa shape index (κ1) is 24.7. The molecule has 174 valence electrons. The maximum absolute atomic E-state index is 9.10. The van der Waals surface area contributed by atoms with E-state index >= 15 is 0 Å². The van der Waals surface area contributed by atoms with Gasteiger partial charge >= 0.3 is 11.9 Å². The largest absolute Gasteiger partial charge is 0.493 e. The Bertz CT molecular complexity index is 690. The monoisotopic (exact) mass is 438 g/mol. The Kier molecular flexibility index (Phi) is 9.87. The fourth-order valence-electron chi connectivity index (χ4n) is 4.21. The molecule has 3 rings (SSSR count). The van der Waals surface area contributed by atoms with E-state index in [0.717, 1.165) is 37.2 Å². The second kappa shape index (κ2) is 12.4. The second-order valence-electron chi connectivity index (χ2n) is 7.75. The number of nitrogens with zero attached hydrogens (tertiary/aromatic N) is 2. The highest BCUT2D eigenvalue weighted by Crippen LogP contribution is 2.38. The van der Waals surface area contributed by atoms with Crippen LogP contribution in [0.15, 0.2) is 12.1 Å². The zero-order valence-corrected chi connectivity index (χ0v) is 18.6. The summed E-state index contributed by atoms with van der Waals surface area (Å²) in [4.78, 5) is 23.5. The van der Waals surface area contributed by atoms with E-state index in [0.29, 0.717) is 5.75 Å². The molecular weight excluding hydrogens is 404 g/mol. The van der Waals surface area contributed by atoms with Crippen molar-refractivity contribution in [2.45, 2.75) is 44.7 Å². The van der Waals surface area contributed by atoms with Gasteiger partial charge in [0.2, 0.25) is 5.75 Å². The molecule has 0 atom stereocenters. The number of methoxy groups -OCH3 is 3. The van der Waals surface area contributed by atoms with Crippen LogP contribution < -0.4 is 14.2 Å². The summed E-state index contributed by atoms with van der Waals surface area (Å²) in [7, 11) is 4.99. The van der Waals surface area contributed by atoms with Gasteiger partial charge < -0.3 is 29.3 Å². The van der Waals surface area contributed by atoms with Gasteiger partial charge in [0.25, 0.3) is 0 Å². The summed E-state index contributed by atoms with van der Waals surface area (Å²) in [5.41, 5.74) is 1.21. The van der Waals surface area contributed by atoms with Gasteiger partial charge in [-0.2, -0.15) is 0 Å². The van der Waals surface area contributed by atoms with E-state index in [4.69, 9.17) is 34.0 Å². The highest BCUT2D eigenvalue weighted by Gasteiger charge is 2.26. The Hall–Kier alpha value is -2.52. The molecule has 2 aliphatic rings. The number of hydrogen-bond acceptors (Lipinski definition) is 7. The summed E-state index contributed by atoms with van der Waals surface area (Å²) in [6, 6.07) is 4.92. The van der Waals surface area contributed by atoms with Gasteiger partial charge in [-0.05, 0) is 69.6 Å². The Balaban J connectivity index is 0.000000501. The van der Waals surface area contributed by atoms with E-state index in [1.54, 1.807) is 21.3 Å². The maximum Gasteiger partial charge on any atom is 0.414 e. The normalized spacial score (nSPS) is 17.9. The average Bonchev–Trinajstić information content (AvgIpc) is 2.79. The molecule has 0 unspecified atom stereocenters. The lowest BCUT2D eigenvalue weighted by Crippen LogP contribution is -2.46. The van der Waals surface area contributed by atoms with Gasteiger partial charge in [-0.15, -0.1) is 0 Å². The molecule has 0 spiro atoms. The van der Waals surface area contributed by atoms with Crippen molar-refractivity contribution >= 4 is 11.9 Å². The zero-order chi connectivity index (χ0) is 22.8. The van der Waals surface area contributed by atoms with Crippen molar-refractivity contribution in [2.24, 2.45) is 0 Å². The number of hydrogen-bond donors (Lipinski definition) is 2. The zero-order valence-electron chi connectivity index (χ0n) is 18.6. The molecule has 0 aliphatic carbocycles. The van der Waals surface area contributed by atoms with Crippen LogP contribution in [0.5, 0.6) is 17.2 Å². The minimum atomic E-state index is -1.82. The van der Waals surface area contributed by atoms with Crippen LogP contribution in [-0.4, -0.2) is 85.5 Å². The van der Waals surface area contributed by atoms with E-state index in [1.165, 1.54) is 50.8 Å². The molecule has 0 aromatic heterocycles. The summed E-state index contributed by atoms with van der Waals surface area (Å²) < 4.78 is 16.4. The summed E-state index contributed by atoms with van der Waals surface area (Å²) in [5.74, 6) is -1.51. The molecule has 2 N–H and O–H groups in total. The van der Waals surface area contributed by atoms with Crippen LogP contribution in [0.3, 0.4) is 0 Å². The summed E-state index contributed by atoms with van der Waals surface area (Å²) in [6.45, 7) is 5.87. The predicted octanol–water partition coefficient (Wildman–Crippen LogP) is 2.32. The standard InChI is InChI=1S/C20H32N2O3.C2H2O4/c1-23-18-13-16(14-19(24-2)20(18)25-3)15-21-11-7-17(8-12-21)22-9-5-4-6-10-22;3-1(4)2(5)6/h13-14,17H,4-12,15H2,1-3H3;(H,3,4)(H,5,6). The topological polar surface area (TPSA) is 109 Å². The first-order valence-corrected chi connectivity index (χ1v) is 10.6. The lowest BCUT2D eigenvalue weighted by molar-refractivity contribution is -0.159. The number of rotatable bonds is 6. The van der Waals surface area contributed by atoms with Gasteiger partial charge in [-0.25, -0.2) is 9.59 Å². The van der Waals surface area contributed by atoms with E-state index in [9.17, 15) is 0 Å². The minimum absolute atomic E-state index is 0.664. The number of benzene rings is 1. The van der Waals surface area contributed by atoms with Crippen molar-refractivity contribution in [1.82, 2.24) is 9.80 Å². The van der Waals surface area contributed by atoms with Gasteiger partial charge in [0.1, 0.15) is 0 Å². The summed E-state index contributed by atoms with van der Waals surface area (Å²) in [5, 5.41) is 14.8. The SMILES string of the molecule is COc1cc(CN2CCC(N3CCCCC3)CC2)cc(OC)c1OC.O=C(O)C(=O)O. The molecule has 9 heteroatoms. The Morgan fingerprint density at radius 3 is 1.81 bits per heavy atom. The third kappa shape index (κ3) is 7.29. The Morgan fingerprint density at radius 2 is 1.39 bits per heavy atom. The molecule has 0 radical (unpaired) electrons. The Labute approximate surface area is 183 Å². The molecular formula is C22H34N2O7. The molecule has 0 amide bonds. The highest BCUT2D eigenvalue weighted by atomic mass is 16.5. The van der Waals surface area contributed by atoms with Crippen molar-refractivity contribution in [3.63, 3.8) is 0 Å². The van der Waals surface area contributed by atoms with Crippen LogP contribution in [-0.2, 0) is 16.1 Å². The third-order valence-electron chi connectivity index (χ3n) is 5.78. The first-order valence-electron chi connectivity index (χ1n) is 10.6. The first-order chi connectivity index (χ1) is 14.9. The van der Waals surface area contributed by atoms with E-state index in [1.807, 2.05) is 0 Å². The van der Waals surface area contributed by atoms with E-state index in [-0.39, 0.29) is 0 Å². The Morgan fingerprint density at radius 1 is 0.871 bits per heavy atom. The fourth-order valence-corrected chi connectivity index (χ4v) is 4.21. The number of likely N-dealkylation sites (tertiary alicyclic amines) is 2. The van der Waals surface area contributed by atoms with Gasteiger partial charge in [-0.1, -0.05) is 6.42 Å². The molecule has 9 nitrogen and oxygen atoms in total. The summed E-state index contributed by atoms with van der Waals surface area (Å²) in [6.07, 6.45) is 6.74. The number of aliphatic carboxylic acids is 2. The second-order valence-corrected chi connectivity index (χ2v) is 7.75. The number of ether oxygens (including phenoxy) is 3. The molecule has 2 aliphatic heterocycles. The van der Waals surface area contributed by atoms with E-state index < -0.39 is 11.9 Å². The van der Waals surface area contributed by atoms with Crippen molar-refractivity contribution in [3.05, 3.63) is 17.7 Å². The van der Waals surface area contributed by atoms with Gasteiger partial charge in [0.15, 0.2) is 11.5 Å². The van der Waals surface area contributed by atoms with Gasteiger partial charge in [0, 0.05) is 12.6 Å². The summed E-state index contributed by atoms with van der Waals surface area (Å²) >= 11 is 0. The molecule has 31 heavy (non-hydrogen) atoms. The predicted molar refractivity (Wildman–Crippen MR) is 115 cm³/mol. The molecule has 2 heterocycles. The molecule has 2 saturated heterocycles. The smallest absolute Gasteiger partial charge is 0.414 e. The number of carboxylic acid groups (broad SMARTS) is 2. The van der Waals surface area contributed by atoms with Crippen LogP contribution in [0.1, 0.15) is 37.7 Å². The lowest BCUT2D eigenvalue weighted by Gasteiger charge is -2.40. The molecule has 1 aromatic rings. The third-order valence-corrected chi connectivity index (χ3v) is 5.78. The van der Waals surface area contributed by atoms with Crippen molar-refractivity contribution in [2.75, 3.05) is 47.5 Å². The quantitative estimate of drug-likeness (QED) is 0.647. The average molecular weight is 439 g/mol.